The predicted octanol–water partition coefficient (Wildman–Crippen LogP) is 0.128. The van der Waals surface area contributed by atoms with Crippen LogP contribution in [0.2, 0.25) is 0 Å². The maximum absolute atomic E-state index is 10.8. The number of aliphatic carboxylic acids is 1. The third-order valence-electron chi connectivity index (χ3n) is 1.14. The fourth-order valence-corrected chi connectivity index (χ4v) is 0.627. The number of hydrogen-bond acceptors (Lipinski definition) is 4. The first kappa shape index (κ1) is 11.5. The first-order valence-electron chi connectivity index (χ1n) is 3.87. The minimum atomic E-state index is -0.975. The zero-order valence-electron chi connectivity index (χ0n) is 7.66. The van der Waals surface area contributed by atoms with E-state index in [9.17, 15) is 9.59 Å². The van der Waals surface area contributed by atoms with E-state index < -0.39 is 11.9 Å². The molecule has 0 aromatic heterocycles. The van der Waals surface area contributed by atoms with Crippen molar-refractivity contribution in [1.29, 1.82) is 0 Å². The van der Waals surface area contributed by atoms with Crippen LogP contribution in [0, 0.1) is 0 Å². The molecule has 5 heteroatoms. The zero-order valence-corrected chi connectivity index (χ0v) is 7.66. The molecule has 74 valence electrons. The summed E-state index contributed by atoms with van der Waals surface area (Å²) in [6.45, 7) is 3.40. The Kier molecular flexibility index (Phi) is 5.34. The number of hydrogen-bond donors (Lipinski definition) is 2. The van der Waals surface area contributed by atoms with E-state index >= 15 is 0 Å². The van der Waals surface area contributed by atoms with Gasteiger partial charge >= 0.3 is 11.9 Å². The van der Waals surface area contributed by atoms with Gasteiger partial charge in [-0.15, -0.1) is 0 Å². The molecular weight excluding hydrogens is 174 g/mol. The molecule has 2 N–H and O–H groups in total. The van der Waals surface area contributed by atoms with Gasteiger partial charge in [-0.2, -0.15) is 0 Å². The second kappa shape index (κ2) is 6.05. The monoisotopic (exact) mass is 187 g/mol. The number of nitrogens with one attached hydrogen (secondary N) is 1. The summed E-state index contributed by atoms with van der Waals surface area (Å²) in [5.74, 6) is -1.45. The van der Waals surface area contributed by atoms with Crippen molar-refractivity contribution >= 4 is 11.9 Å². The van der Waals surface area contributed by atoms with Gasteiger partial charge in [0.25, 0.3) is 0 Å². The summed E-state index contributed by atoms with van der Waals surface area (Å²) in [6.07, 6.45) is 1.21. The Bertz CT molecular complexity index is 222. The summed E-state index contributed by atoms with van der Waals surface area (Å²) in [7, 11) is 0. The van der Waals surface area contributed by atoms with Crippen LogP contribution in [0.5, 0.6) is 0 Å². The lowest BCUT2D eigenvalue weighted by Crippen LogP contribution is -2.21. The third-order valence-corrected chi connectivity index (χ3v) is 1.14. The fourth-order valence-electron chi connectivity index (χ4n) is 0.627. The van der Waals surface area contributed by atoms with E-state index in [0.717, 1.165) is 0 Å². The Hall–Kier alpha value is -1.52. The van der Waals surface area contributed by atoms with Crippen molar-refractivity contribution in [1.82, 2.24) is 5.32 Å². The van der Waals surface area contributed by atoms with E-state index in [1.165, 1.54) is 6.08 Å². The maximum atomic E-state index is 10.8. The lowest BCUT2D eigenvalue weighted by atomic mass is 10.4. The van der Waals surface area contributed by atoms with Crippen LogP contribution in [0.3, 0.4) is 0 Å². The topological polar surface area (TPSA) is 75.6 Å². The Morgan fingerprint density at radius 3 is 2.62 bits per heavy atom. The smallest absolute Gasteiger partial charge is 0.332 e. The van der Waals surface area contributed by atoms with Gasteiger partial charge in [0.1, 0.15) is 6.54 Å². The van der Waals surface area contributed by atoms with E-state index in [4.69, 9.17) is 5.11 Å². The van der Waals surface area contributed by atoms with E-state index in [1.54, 1.807) is 13.8 Å². The first-order chi connectivity index (χ1) is 6.06. The van der Waals surface area contributed by atoms with E-state index in [2.05, 4.69) is 10.1 Å². The zero-order chi connectivity index (χ0) is 10.3. The number of carbonyl (C=O) groups excluding carboxylic acids is 1. The number of esters is 1. The summed E-state index contributed by atoms with van der Waals surface area (Å²) >= 11 is 0. The lowest BCUT2D eigenvalue weighted by molar-refractivity contribution is -0.138. The molecule has 0 rings (SSSR count). The molecule has 0 amide bonds. The molecule has 13 heavy (non-hydrogen) atoms. The van der Waals surface area contributed by atoms with Gasteiger partial charge in [0, 0.05) is 11.8 Å². The number of carboxylic acids is 1. The standard InChI is InChI=1S/C8H13NO4/c1-3-13-8(12)4-6(2)9-5-7(10)11/h4,9H,3,5H2,1-2H3,(H,10,11)/b6-4+. The molecule has 5 nitrogen and oxygen atoms in total. The van der Waals surface area contributed by atoms with Crippen LogP contribution in [-0.2, 0) is 14.3 Å². The molecule has 0 aliphatic rings. The highest BCUT2D eigenvalue weighted by Crippen LogP contribution is 1.88. The van der Waals surface area contributed by atoms with Crippen LogP contribution in [0.4, 0.5) is 0 Å². The number of rotatable bonds is 5. The van der Waals surface area contributed by atoms with Gasteiger partial charge in [0.15, 0.2) is 0 Å². The Morgan fingerprint density at radius 2 is 2.15 bits per heavy atom. The summed E-state index contributed by atoms with van der Waals surface area (Å²) in [4.78, 5) is 20.9. The molecule has 0 spiro atoms. The number of carboxylic acid groups (broad SMARTS) is 1. The van der Waals surface area contributed by atoms with Gasteiger partial charge in [-0.05, 0) is 13.8 Å². The van der Waals surface area contributed by atoms with Crippen molar-refractivity contribution < 1.29 is 19.4 Å². The van der Waals surface area contributed by atoms with Gasteiger partial charge in [0.05, 0.1) is 6.61 Å². The highest BCUT2D eigenvalue weighted by atomic mass is 16.5. The van der Waals surface area contributed by atoms with Crippen molar-refractivity contribution in [3.63, 3.8) is 0 Å². The third kappa shape index (κ3) is 6.86. The molecule has 0 saturated carbocycles. The Balaban J connectivity index is 3.87. The molecule has 0 unspecified atom stereocenters. The summed E-state index contributed by atoms with van der Waals surface area (Å²) < 4.78 is 4.62. The van der Waals surface area contributed by atoms with E-state index in [-0.39, 0.29) is 6.54 Å². The van der Waals surface area contributed by atoms with Crippen LogP contribution in [0.25, 0.3) is 0 Å². The summed E-state index contributed by atoms with van der Waals surface area (Å²) in [5.41, 5.74) is 0.473. The highest BCUT2D eigenvalue weighted by molar-refractivity contribution is 5.82. The second-order valence-electron chi connectivity index (χ2n) is 2.33. The summed E-state index contributed by atoms with van der Waals surface area (Å²) in [6, 6.07) is 0. The molecule has 0 radical (unpaired) electrons. The minimum Gasteiger partial charge on any atom is -0.480 e. The van der Waals surface area contributed by atoms with Crippen LogP contribution in [-0.4, -0.2) is 30.2 Å². The molecule has 0 aromatic carbocycles. The van der Waals surface area contributed by atoms with Gasteiger partial charge in [-0.3, -0.25) is 4.79 Å². The van der Waals surface area contributed by atoms with Crippen LogP contribution in [0.15, 0.2) is 11.8 Å². The predicted molar refractivity (Wildman–Crippen MR) is 46.0 cm³/mol. The number of carbonyl (C=O) groups is 2. The molecule has 0 atom stereocenters. The van der Waals surface area contributed by atoms with E-state index in [0.29, 0.717) is 12.3 Å². The Morgan fingerprint density at radius 1 is 1.54 bits per heavy atom. The average Bonchev–Trinajstić information content (AvgIpc) is 2.01. The van der Waals surface area contributed by atoms with Crippen molar-refractivity contribution in [2.75, 3.05) is 13.2 Å². The second-order valence-corrected chi connectivity index (χ2v) is 2.33. The molecule has 0 heterocycles. The summed E-state index contributed by atoms with van der Waals surface area (Å²) in [5, 5.41) is 10.8. The number of allylic oxidation sites excluding steroid dienone is 1. The Labute approximate surface area is 76.4 Å². The van der Waals surface area contributed by atoms with Crippen LogP contribution in [0.1, 0.15) is 13.8 Å². The minimum absolute atomic E-state index is 0.207. The average molecular weight is 187 g/mol. The molecule has 0 saturated heterocycles. The van der Waals surface area contributed by atoms with Gasteiger partial charge in [-0.25, -0.2) is 4.79 Å². The van der Waals surface area contributed by atoms with Gasteiger partial charge in [0.2, 0.25) is 0 Å². The molecule has 0 aliphatic carbocycles. The first-order valence-corrected chi connectivity index (χ1v) is 3.87. The molecule has 0 aliphatic heterocycles. The molecule has 0 fully saturated rings. The van der Waals surface area contributed by atoms with Crippen molar-refractivity contribution in [2.45, 2.75) is 13.8 Å². The van der Waals surface area contributed by atoms with Crippen LogP contribution < -0.4 is 5.32 Å². The number of ether oxygens (including phenoxy) is 1. The molecule has 0 bridgehead atoms. The van der Waals surface area contributed by atoms with Gasteiger partial charge < -0.3 is 15.2 Å². The van der Waals surface area contributed by atoms with Gasteiger partial charge in [-0.1, -0.05) is 0 Å². The van der Waals surface area contributed by atoms with E-state index in [1.807, 2.05) is 0 Å². The molecule has 0 aromatic rings. The van der Waals surface area contributed by atoms with Crippen LogP contribution >= 0.6 is 0 Å². The van der Waals surface area contributed by atoms with Crippen molar-refractivity contribution in [3.05, 3.63) is 11.8 Å². The molecular formula is C8H13NO4. The maximum Gasteiger partial charge on any atom is 0.332 e. The van der Waals surface area contributed by atoms with Crippen molar-refractivity contribution in [3.8, 4) is 0 Å². The fraction of sp³-hybridized carbons (Fsp3) is 0.500. The van der Waals surface area contributed by atoms with Crippen molar-refractivity contribution in [2.24, 2.45) is 0 Å². The largest absolute Gasteiger partial charge is 0.480 e. The quantitative estimate of drug-likeness (QED) is 0.472. The SMILES string of the molecule is CCOC(=O)/C=C(\C)NCC(=O)O. The normalized spacial score (nSPS) is 10.8. The highest BCUT2D eigenvalue weighted by Gasteiger charge is 1.99. The lowest BCUT2D eigenvalue weighted by Gasteiger charge is -2.02.